The number of carbonyl (C=O) groups excluding carboxylic acids is 1. The van der Waals surface area contributed by atoms with E-state index in [-0.39, 0.29) is 12.0 Å². The summed E-state index contributed by atoms with van der Waals surface area (Å²) in [6, 6.07) is 4.55. The maximum absolute atomic E-state index is 13.1. The molecule has 0 bridgehead atoms. The van der Waals surface area contributed by atoms with Crippen LogP contribution >= 0.6 is 0 Å². The molecule has 0 spiro atoms. The Bertz CT molecular complexity index is 701. The van der Waals surface area contributed by atoms with E-state index >= 15 is 0 Å². The molecule has 2 aliphatic heterocycles. The second kappa shape index (κ2) is 9.78. The Morgan fingerprint density at radius 1 is 1.28 bits per heavy atom. The molecular weight excluding hydrogens is 372 g/mol. The average molecular weight is 405 g/mol. The van der Waals surface area contributed by atoms with Gasteiger partial charge >= 0.3 is 0 Å². The van der Waals surface area contributed by atoms with Crippen molar-refractivity contribution in [1.82, 2.24) is 10.2 Å². The zero-order valence-electron chi connectivity index (χ0n) is 17.3. The molecule has 29 heavy (non-hydrogen) atoms. The summed E-state index contributed by atoms with van der Waals surface area (Å²) >= 11 is 0. The lowest BCUT2D eigenvalue weighted by Crippen LogP contribution is -2.49. The molecule has 3 aliphatic rings. The molecule has 0 unspecified atom stereocenters. The number of hydrogen-bond donors (Lipinski definition) is 1. The fraction of sp³-hybridized carbons (Fsp3) is 0.682. The molecule has 7 heteroatoms. The van der Waals surface area contributed by atoms with Crippen molar-refractivity contribution in [3.63, 3.8) is 0 Å². The van der Waals surface area contributed by atoms with Crippen molar-refractivity contribution in [2.75, 3.05) is 46.6 Å². The molecule has 7 nitrogen and oxygen atoms in total. The van der Waals surface area contributed by atoms with Crippen molar-refractivity contribution in [2.45, 2.75) is 50.8 Å². The summed E-state index contributed by atoms with van der Waals surface area (Å²) in [6.45, 7) is 4.55. The van der Waals surface area contributed by atoms with E-state index in [0.29, 0.717) is 39.0 Å². The molecule has 1 N–H and O–H groups in total. The number of rotatable bonds is 9. The number of benzene rings is 1. The second-order valence-electron chi connectivity index (χ2n) is 7.99. The standard InChI is InChI=1S/C22H32N2O5/c1-26-8-3-10-27-19-13-16(12-17-4-2-9-29-21(17)19)15-24(18-5-6-18)22(25)20-14-23-7-11-28-20/h12-13,18,20,23H,2-11,14-15H2,1H3/t20-/m1/s1. The Hall–Kier alpha value is -1.83. The highest BCUT2D eigenvalue weighted by atomic mass is 16.5. The Morgan fingerprint density at radius 3 is 2.93 bits per heavy atom. The molecule has 1 saturated carbocycles. The van der Waals surface area contributed by atoms with Gasteiger partial charge in [-0.2, -0.15) is 0 Å². The fourth-order valence-electron chi connectivity index (χ4n) is 3.97. The first kappa shape index (κ1) is 20.4. The number of nitrogens with zero attached hydrogens (tertiary/aromatic N) is 1. The SMILES string of the molecule is COCCCOc1cc(CN(C(=O)[C@H]2CNCCO2)C2CC2)cc2c1OCCC2. The van der Waals surface area contributed by atoms with Crippen LogP contribution in [0.3, 0.4) is 0 Å². The normalized spacial score (nSPS) is 21.2. The Kier molecular flexibility index (Phi) is 6.90. The van der Waals surface area contributed by atoms with Crippen molar-refractivity contribution in [3.8, 4) is 11.5 Å². The Balaban J connectivity index is 1.50. The van der Waals surface area contributed by atoms with Crippen LogP contribution in [0, 0.1) is 0 Å². The molecule has 1 amide bonds. The quantitative estimate of drug-likeness (QED) is 0.634. The van der Waals surface area contributed by atoms with Crippen molar-refractivity contribution >= 4 is 5.91 Å². The Morgan fingerprint density at radius 2 is 2.17 bits per heavy atom. The van der Waals surface area contributed by atoms with Crippen molar-refractivity contribution in [1.29, 1.82) is 0 Å². The van der Waals surface area contributed by atoms with Gasteiger partial charge in [-0.05, 0) is 42.9 Å². The largest absolute Gasteiger partial charge is 0.490 e. The summed E-state index contributed by atoms with van der Waals surface area (Å²) in [7, 11) is 1.70. The number of amides is 1. The van der Waals surface area contributed by atoms with Gasteiger partial charge in [0.05, 0.1) is 19.8 Å². The lowest BCUT2D eigenvalue weighted by atomic mass is 10.0. The lowest BCUT2D eigenvalue weighted by molar-refractivity contribution is -0.146. The highest BCUT2D eigenvalue weighted by Gasteiger charge is 2.37. The van der Waals surface area contributed by atoms with Gasteiger partial charge in [-0.25, -0.2) is 0 Å². The summed E-state index contributed by atoms with van der Waals surface area (Å²) in [5.41, 5.74) is 2.27. The van der Waals surface area contributed by atoms with E-state index in [1.54, 1.807) is 7.11 Å². The minimum Gasteiger partial charge on any atom is -0.490 e. The van der Waals surface area contributed by atoms with Crippen molar-refractivity contribution in [2.24, 2.45) is 0 Å². The zero-order chi connectivity index (χ0) is 20.1. The van der Waals surface area contributed by atoms with Crippen molar-refractivity contribution < 1.29 is 23.7 Å². The average Bonchev–Trinajstić information content (AvgIpc) is 3.60. The topological polar surface area (TPSA) is 69.3 Å². The molecule has 2 fully saturated rings. The smallest absolute Gasteiger partial charge is 0.253 e. The highest BCUT2D eigenvalue weighted by Crippen LogP contribution is 2.38. The van der Waals surface area contributed by atoms with Gasteiger partial charge in [0, 0.05) is 45.8 Å². The molecule has 1 atom stereocenters. The Labute approximate surface area is 172 Å². The lowest BCUT2D eigenvalue weighted by Gasteiger charge is -2.30. The molecule has 2 heterocycles. The van der Waals surface area contributed by atoms with Crippen LogP contribution in [0.2, 0.25) is 0 Å². The van der Waals surface area contributed by atoms with Crippen LogP contribution in [0.1, 0.15) is 36.8 Å². The van der Waals surface area contributed by atoms with Gasteiger partial charge in [-0.3, -0.25) is 4.79 Å². The van der Waals surface area contributed by atoms with Crippen LogP contribution in [-0.2, 0) is 27.2 Å². The maximum Gasteiger partial charge on any atom is 0.253 e. The number of nitrogens with one attached hydrogen (secondary N) is 1. The fourth-order valence-corrected chi connectivity index (χ4v) is 3.97. The number of aryl methyl sites for hydroxylation is 1. The van der Waals surface area contributed by atoms with Gasteiger partial charge in [0.15, 0.2) is 11.5 Å². The summed E-state index contributed by atoms with van der Waals surface area (Å²) in [4.78, 5) is 15.1. The minimum absolute atomic E-state index is 0.0937. The second-order valence-corrected chi connectivity index (χ2v) is 7.99. The number of fused-ring (bicyclic) bond motifs is 1. The first-order chi connectivity index (χ1) is 14.3. The first-order valence-corrected chi connectivity index (χ1v) is 10.8. The molecular formula is C22H32N2O5. The maximum atomic E-state index is 13.1. The van der Waals surface area contributed by atoms with Crippen LogP contribution in [0.15, 0.2) is 12.1 Å². The van der Waals surface area contributed by atoms with Crippen LogP contribution in [0.25, 0.3) is 0 Å². The van der Waals surface area contributed by atoms with E-state index in [0.717, 1.165) is 62.3 Å². The molecule has 0 aromatic heterocycles. The van der Waals surface area contributed by atoms with Gasteiger partial charge in [0.25, 0.3) is 5.91 Å². The highest BCUT2D eigenvalue weighted by molar-refractivity contribution is 5.82. The summed E-state index contributed by atoms with van der Waals surface area (Å²) in [5, 5.41) is 3.26. The third-order valence-electron chi connectivity index (χ3n) is 5.61. The third-order valence-corrected chi connectivity index (χ3v) is 5.61. The molecule has 1 saturated heterocycles. The van der Waals surface area contributed by atoms with Crippen LogP contribution in [0.5, 0.6) is 11.5 Å². The molecule has 1 aliphatic carbocycles. The van der Waals surface area contributed by atoms with Gasteiger partial charge in [-0.1, -0.05) is 6.07 Å². The van der Waals surface area contributed by atoms with E-state index < -0.39 is 0 Å². The van der Waals surface area contributed by atoms with E-state index in [1.165, 1.54) is 5.56 Å². The van der Waals surface area contributed by atoms with E-state index in [9.17, 15) is 4.79 Å². The number of morpholine rings is 1. The third kappa shape index (κ3) is 5.21. The number of methoxy groups -OCH3 is 1. The molecule has 160 valence electrons. The molecule has 4 rings (SSSR count). The number of ether oxygens (including phenoxy) is 4. The monoisotopic (exact) mass is 404 g/mol. The zero-order valence-corrected chi connectivity index (χ0v) is 17.3. The predicted octanol–water partition coefficient (Wildman–Crippen LogP) is 1.91. The van der Waals surface area contributed by atoms with Gasteiger partial charge in [0.1, 0.15) is 6.10 Å². The summed E-state index contributed by atoms with van der Waals surface area (Å²) < 4.78 is 22.8. The van der Waals surface area contributed by atoms with Gasteiger partial charge in [-0.15, -0.1) is 0 Å². The number of hydrogen-bond acceptors (Lipinski definition) is 6. The number of carbonyl (C=O) groups is 1. The predicted molar refractivity (Wildman–Crippen MR) is 108 cm³/mol. The minimum atomic E-state index is -0.380. The van der Waals surface area contributed by atoms with Crippen LogP contribution in [0.4, 0.5) is 0 Å². The van der Waals surface area contributed by atoms with Crippen LogP contribution < -0.4 is 14.8 Å². The van der Waals surface area contributed by atoms with E-state index in [2.05, 4.69) is 11.4 Å². The summed E-state index contributed by atoms with van der Waals surface area (Å²) in [6.07, 6.45) is 4.57. The van der Waals surface area contributed by atoms with Gasteiger partial charge in [0.2, 0.25) is 0 Å². The molecule has 0 radical (unpaired) electrons. The van der Waals surface area contributed by atoms with Crippen molar-refractivity contribution in [3.05, 3.63) is 23.3 Å². The first-order valence-electron chi connectivity index (χ1n) is 10.8. The molecule has 1 aromatic rings. The van der Waals surface area contributed by atoms with Crippen LogP contribution in [-0.4, -0.2) is 69.6 Å². The summed E-state index contributed by atoms with van der Waals surface area (Å²) in [5.74, 6) is 1.74. The van der Waals surface area contributed by atoms with E-state index in [1.807, 2.05) is 11.0 Å². The van der Waals surface area contributed by atoms with E-state index in [4.69, 9.17) is 18.9 Å². The van der Waals surface area contributed by atoms with Gasteiger partial charge < -0.3 is 29.2 Å². The molecule has 1 aromatic carbocycles.